The van der Waals surface area contributed by atoms with Gasteiger partial charge in [0.15, 0.2) is 0 Å². The first-order valence-electron chi connectivity index (χ1n) is 8.43. The van der Waals surface area contributed by atoms with E-state index >= 15 is 0 Å². The zero-order valence-electron chi connectivity index (χ0n) is 13.7. The molecule has 120 valence electrons. The summed E-state index contributed by atoms with van der Waals surface area (Å²) in [5.74, 6) is 0. The van der Waals surface area contributed by atoms with Gasteiger partial charge in [0.2, 0.25) is 0 Å². The minimum absolute atomic E-state index is 0.969. The van der Waals surface area contributed by atoms with Gasteiger partial charge in [0.25, 0.3) is 0 Å². The molecule has 0 aliphatic heterocycles. The van der Waals surface area contributed by atoms with Crippen LogP contribution in [0.5, 0.6) is 0 Å². The lowest BCUT2D eigenvalue weighted by Gasteiger charge is -2.21. The number of nitrogens with one attached hydrogen (secondary N) is 1. The van der Waals surface area contributed by atoms with E-state index in [2.05, 4.69) is 64.3 Å². The van der Waals surface area contributed by atoms with E-state index in [9.17, 15) is 0 Å². The van der Waals surface area contributed by atoms with Crippen molar-refractivity contribution in [2.75, 3.05) is 26.2 Å². The molecule has 0 atom stereocenters. The van der Waals surface area contributed by atoms with Gasteiger partial charge in [0.05, 0.1) is 0 Å². The first kappa shape index (κ1) is 18.7. The molecule has 2 nitrogen and oxygen atoms in total. The van der Waals surface area contributed by atoms with E-state index in [1.54, 1.807) is 0 Å². The van der Waals surface area contributed by atoms with Gasteiger partial charge in [-0.15, -0.1) is 0 Å². The van der Waals surface area contributed by atoms with Gasteiger partial charge in [0.1, 0.15) is 0 Å². The fourth-order valence-electron chi connectivity index (χ4n) is 2.36. The van der Waals surface area contributed by atoms with Crippen molar-refractivity contribution in [1.29, 1.82) is 0 Å². The summed E-state index contributed by atoms with van der Waals surface area (Å²) >= 11 is 3.47. The van der Waals surface area contributed by atoms with E-state index < -0.39 is 0 Å². The Labute approximate surface area is 139 Å². The normalized spacial score (nSPS) is 11.2. The van der Waals surface area contributed by atoms with Crippen LogP contribution in [-0.2, 0) is 6.54 Å². The molecular weight excluding hydrogens is 324 g/mol. The van der Waals surface area contributed by atoms with Crippen molar-refractivity contribution in [3.8, 4) is 0 Å². The summed E-state index contributed by atoms with van der Waals surface area (Å²) in [5.41, 5.74) is 1.35. The quantitative estimate of drug-likeness (QED) is 0.540. The lowest BCUT2D eigenvalue weighted by Crippen LogP contribution is -2.29. The molecule has 0 aliphatic rings. The minimum atomic E-state index is 0.969. The lowest BCUT2D eigenvalue weighted by molar-refractivity contribution is 0.261. The summed E-state index contributed by atoms with van der Waals surface area (Å²) in [6, 6.07) is 8.56. The van der Waals surface area contributed by atoms with Crippen LogP contribution in [0.15, 0.2) is 28.7 Å². The van der Waals surface area contributed by atoms with Crippen molar-refractivity contribution < 1.29 is 0 Å². The SMILES string of the molecule is CCCCN(CCCC)CCCNCc1ccc(Br)cc1. The highest BCUT2D eigenvalue weighted by atomic mass is 79.9. The predicted molar refractivity (Wildman–Crippen MR) is 96.7 cm³/mol. The summed E-state index contributed by atoms with van der Waals surface area (Å²) in [5, 5.41) is 3.55. The van der Waals surface area contributed by atoms with Crippen LogP contribution in [0.1, 0.15) is 51.5 Å². The average molecular weight is 355 g/mol. The zero-order chi connectivity index (χ0) is 15.3. The van der Waals surface area contributed by atoms with Gasteiger partial charge in [-0.25, -0.2) is 0 Å². The van der Waals surface area contributed by atoms with Gasteiger partial charge in [-0.2, -0.15) is 0 Å². The number of halogens is 1. The Hall–Kier alpha value is -0.380. The van der Waals surface area contributed by atoms with Gasteiger partial charge in [-0.3, -0.25) is 0 Å². The molecule has 0 saturated carbocycles. The highest BCUT2D eigenvalue weighted by molar-refractivity contribution is 9.10. The third-order valence-corrected chi connectivity index (χ3v) is 4.25. The summed E-state index contributed by atoms with van der Waals surface area (Å²) in [6.07, 6.45) is 6.49. The Balaban J connectivity index is 2.13. The first-order valence-corrected chi connectivity index (χ1v) is 9.23. The lowest BCUT2D eigenvalue weighted by atomic mass is 10.2. The van der Waals surface area contributed by atoms with Crippen LogP contribution >= 0.6 is 15.9 Å². The van der Waals surface area contributed by atoms with Crippen molar-refractivity contribution >= 4 is 15.9 Å². The fraction of sp³-hybridized carbons (Fsp3) is 0.667. The highest BCUT2D eigenvalue weighted by Gasteiger charge is 2.03. The Morgan fingerprint density at radius 2 is 1.48 bits per heavy atom. The number of rotatable bonds is 12. The van der Waals surface area contributed by atoms with Gasteiger partial charge in [0, 0.05) is 11.0 Å². The van der Waals surface area contributed by atoms with E-state index in [0.717, 1.165) is 17.6 Å². The van der Waals surface area contributed by atoms with Crippen LogP contribution in [0.3, 0.4) is 0 Å². The fourth-order valence-corrected chi connectivity index (χ4v) is 2.63. The van der Waals surface area contributed by atoms with Crippen molar-refractivity contribution in [2.45, 2.75) is 52.5 Å². The van der Waals surface area contributed by atoms with Crippen molar-refractivity contribution in [3.63, 3.8) is 0 Å². The Bertz CT molecular complexity index is 343. The van der Waals surface area contributed by atoms with E-state index in [1.165, 1.54) is 57.3 Å². The minimum Gasteiger partial charge on any atom is -0.313 e. The highest BCUT2D eigenvalue weighted by Crippen LogP contribution is 2.10. The molecule has 3 heteroatoms. The predicted octanol–water partition coefficient (Wildman–Crippen LogP) is 4.83. The van der Waals surface area contributed by atoms with Gasteiger partial charge in [-0.1, -0.05) is 54.8 Å². The van der Waals surface area contributed by atoms with E-state index in [4.69, 9.17) is 0 Å². The molecule has 0 radical (unpaired) electrons. The molecule has 0 heterocycles. The molecule has 0 bridgehead atoms. The molecule has 0 aromatic heterocycles. The molecule has 0 saturated heterocycles. The van der Waals surface area contributed by atoms with E-state index in [0.29, 0.717) is 0 Å². The van der Waals surface area contributed by atoms with Crippen molar-refractivity contribution in [1.82, 2.24) is 10.2 Å². The summed E-state index contributed by atoms with van der Waals surface area (Å²) in [7, 11) is 0. The Morgan fingerprint density at radius 3 is 2.05 bits per heavy atom. The van der Waals surface area contributed by atoms with E-state index in [-0.39, 0.29) is 0 Å². The third kappa shape index (κ3) is 9.28. The molecule has 0 aliphatic carbocycles. The Kier molecular flexibility index (Phi) is 10.8. The standard InChI is InChI=1S/C18H31BrN2/c1-3-5-13-21(14-6-4-2)15-7-12-20-16-17-8-10-18(19)11-9-17/h8-11,20H,3-7,12-16H2,1-2H3. The van der Waals surface area contributed by atoms with Crippen LogP contribution in [0.25, 0.3) is 0 Å². The molecule has 1 aromatic rings. The molecule has 1 rings (SSSR count). The Morgan fingerprint density at radius 1 is 0.905 bits per heavy atom. The molecule has 0 spiro atoms. The zero-order valence-corrected chi connectivity index (χ0v) is 15.3. The van der Waals surface area contributed by atoms with Gasteiger partial charge >= 0.3 is 0 Å². The monoisotopic (exact) mass is 354 g/mol. The number of benzene rings is 1. The van der Waals surface area contributed by atoms with Crippen LogP contribution in [0.4, 0.5) is 0 Å². The summed E-state index contributed by atoms with van der Waals surface area (Å²) in [6.45, 7) is 10.4. The third-order valence-electron chi connectivity index (χ3n) is 3.73. The van der Waals surface area contributed by atoms with Gasteiger partial charge in [-0.05, 0) is 63.1 Å². The van der Waals surface area contributed by atoms with Crippen LogP contribution in [-0.4, -0.2) is 31.1 Å². The molecule has 21 heavy (non-hydrogen) atoms. The molecule has 1 aromatic carbocycles. The van der Waals surface area contributed by atoms with Crippen LogP contribution < -0.4 is 5.32 Å². The maximum absolute atomic E-state index is 3.55. The maximum atomic E-state index is 3.55. The summed E-state index contributed by atoms with van der Waals surface area (Å²) < 4.78 is 1.15. The number of unbranched alkanes of at least 4 members (excludes halogenated alkanes) is 2. The van der Waals surface area contributed by atoms with Crippen LogP contribution in [0.2, 0.25) is 0 Å². The second-order valence-corrected chi connectivity index (χ2v) is 6.62. The molecule has 0 amide bonds. The van der Waals surface area contributed by atoms with E-state index in [1.807, 2.05) is 0 Å². The van der Waals surface area contributed by atoms with Gasteiger partial charge < -0.3 is 10.2 Å². The molecule has 0 fully saturated rings. The number of nitrogens with zero attached hydrogens (tertiary/aromatic N) is 1. The topological polar surface area (TPSA) is 15.3 Å². The van der Waals surface area contributed by atoms with Crippen molar-refractivity contribution in [3.05, 3.63) is 34.3 Å². The maximum Gasteiger partial charge on any atom is 0.0205 e. The first-order chi connectivity index (χ1) is 10.3. The number of hydrogen-bond acceptors (Lipinski definition) is 2. The molecular formula is C18H31BrN2. The largest absolute Gasteiger partial charge is 0.313 e. The van der Waals surface area contributed by atoms with Crippen LogP contribution in [0, 0.1) is 0 Å². The molecule has 0 unspecified atom stereocenters. The van der Waals surface area contributed by atoms with Crippen molar-refractivity contribution in [2.24, 2.45) is 0 Å². The average Bonchev–Trinajstić information content (AvgIpc) is 2.50. The molecule has 1 N–H and O–H groups in total. The summed E-state index contributed by atoms with van der Waals surface area (Å²) in [4.78, 5) is 2.63. The second-order valence-electron chi connectivity index (χ2n) is 5.71. The smallest absolute Gasteiger partial charge is 0.0205 e. The number of hydrogen-bond donors (Lipinski definition) is 1. The second kappa shape index (κ2) is 12.2.